The molecule has 1 heterocycles. The molecule has 0 unspecified atom stereocenters. The first kappa shape index (κ1) is 9.79. The highest BCUT2D eigenvalue weighted by molar-refractivity contribution is 5.54. The standard InChI is InChI=1S/C10H10FN3O/c1-14-9(6-15)12-10(13-14)7-3-2-4-8(11)5-7/h2-5,15H,6H2,1H3. The molecule has 1 N–H and O–H groups in total. The van der Waals surface area contributed by atoms with Gasteiger partial charge < -0.3 is 5.11 Å². The fourth-order valence-corrected chi connectivity index (χ4v) is 1.30. The average molecular weight is 207 g/mol. The minimum Gasteiger partial charge on any atom is -0.388 e. The molecule has 1 aromatic carbocycles. The van der Waals surface area contributed by atoms with E-state index < -0.39 is 0 Å². The lowest BCUT2D eigenvalue weighted by molar-refractivity contribution is 0.265. The molecule has 0 aliphatic carbocycles. The van der Waals surface area contributed by atoms with Gasteiger partial charge in [0.2, 0.25) is 0 Å². The summed E-state index contributed by atoms with van der Waals surface area (Å²) in [5.41, 5.74) is 0.602. The second-order valence-corrected chi connectivity index (χ2v) is 3.14. The van der Waals surface area contributed by atoms with Crippen LogP contribution in [0.1, 0.15) is 5.82 Å². The van der Waals surface area contributed by atoms with Crippen LogP contribution in [0.15, 0.2) is 24.3 Å². The van der Waals surface area contributed by atoms with Crippen molar-refractivity contribution in [1.82, 2.24) is 14.8 Å². The number of benzene rings is 1. The molecule has 0 atom stereocenters. The van der Waals surface area contributed by atoms with E-state index in [0.717, 1.165) is 0 Å². The Labute approximate surface area is 86.0 Å². The van der Waals surface area contributed by atoms with Crippen molar-refractivity contribution in [3.8, 4) is 11.4 Å². The van der Waals surface area contributed by atoms with Crippen molar-refractivity contribution in [1.29, 1.82) is 0 Å². The molecule has 0 amide bonds. The Morgan fingerprint density at radius 3 is 2.87 bits per heavy atom. The highest BCUT2D eigenvalue weighted by atomic mass is 19.1. The topological polar surface area (TPSA) is 50.9 Å². The Kier molecular flexibility index (Phi) is 2.47. The molecule has 0 bridgehead atoms. The molecule has 78 valence electrons. The van der Waals surface area contributed by atoms with Gasteiger partial charge in [-0.25, -0.2) is 9.37 Å². The van der Waals surface area contributed by atoms with Gasteiger partial charge in [0.15, 0.2) is 11.6 Å². The zero-order valence-corrected chi connectivity index (χ0v) is 8.18. The molecular formula is C10H10FN3O. The van der Waals surface area contributed by atoms with Gasteiger partial charge in [0.05, 0.1) is 0 Å². The second kappa shape index (κ2) is 3.78. The minimum atomic E-state index is -0.328. The van der Waals surface area contributed by atoms with Crippen molar-refractivity contribution in [2.24, 2.45) is 7.05 Å². The van der Waals surface area contributed by atoms with Gasteiger partial charge in [-0.1, -0.05) is 12.1 Å². The van der Waals surface area contributed by atoms with Crippen LogP contribution in [0, 0.1) is 5.82 Å². The van der Waals surface area contributed by atoms with E-state index in [2.05, 4.69) is 10.1 Å². The predicted octanol–water partition coefficient (Wildman–Crippen LogP) is 1.11. The molecule has 1 aromatic heterocycles. The molecule has 0 spiro atoms. The molecule has 0 saturated heterocycles. The molecule has 0 aliphatic heterocycles. The Bertz CT molecular complexity index is 481. The smallest absolute Gasteiger partial charge is 0.181 e. The van der Waals surface area contributed by atoms with Gasteiger partial charge in [-0.05, 0) is 12.1 Å². The number of hydrogen-bond acceptors (Lipinski definition) is 3. The maximum absolute atomic E-state index is 12.9. The van der Waals surface area contributed by atoms with Gasteiger partial charge in [-0.2, -0.15) is 5.10 Å². The van der Waals surface area contributed by atoms with Crippen molar-refractivity contribution in [2.45, 2.75) is 6.61 Å². The summed E-state index contributed by atoms with van der Waals surface area (Å²) in [6.07, 6.45) is 0. The number of halogens is 1. The van der Waals surface area contributed by atoms with Crippen molar-refractivity contribution in [3.63, 3.8) is 0 Å². The van der Waals surface area contributed by atoms with Crippen molar-refractivity contribution in [2.75, 3.05) is 0 Å². The molecule has 0 fully saturated rings. The van der Waals surface area contributed by atoms with Gasteiger partial charge in [-0.15, -0.1) is 0 Å². The van der Waals surface area contributed by atoms with E-state index in [1.165, 1.54) is 16.8 Å². The normalized spacial score (nSPS) is 10.6. The Morgan fingerprint density at radius 2 is 2.27 bits per heavy atom. The van der Waals surface area contributed by atoms with Crippen LogP contribution in [0.5, 0.6) is 0 Å². The highest BCUT2D eigenvalue weighted by Gasteiger charge is 2.08. The quantitative estimate of drug-likeness (QED) is 0.802. The van der Waals surface area contributed by atoms with Crippen LogP contribution >= 0.6 is 0 Å². The lowest BCUT2D eigenvalue weighted by Gasteiger charge is -1.93. The van der Waals surface area contributed by atoms with E-state index in [1.54, 1.807) is 19.2 Å². The number of aliphatic hydroxyl groups is 1. The summed E-state index contributed by atoms with van der Waals surface area (Å²) in [6, 6.07) is 6.04. The fraction of sp³-hybridized carbons (Fsp3) is 0.200. The third kappa shape index (κ3) is 1.87. The summed E-state index contributed by atoms with van der Waals surface area (Å²) in [5.74, 6) is 0.542. The number of aliphatic hydroxyl groups excluding tert-OH is 1. The van der Waals surface area contributed by atoms with Crippen LogP contribution in [-0.2, 0) is 13.7 Å². The Morgan fingerprint density at radius 1 is 1.47 bits per heavy atom. The molecule has 2 aromatic rings. The molecule has 15 heavy (non-hydrogen) atoms. The number of nitrogens with zero attached hydrogens (tertiary/aromatic N) is 3. The summed E-state index contributed by atoms with van der Waals surface area (Å²) in [7, 11) is 1.68. The molecule has 5 heteroatoms. The Hall–Kier alpha value is -1.75. The van der Waals surface area contributed by atoms with Crippen molar-refractivity contribution >= 4 is 0 Å². The maximum Gasteiger partial charge on any atom is 0.181 e. The summed E-state index contributed by atoms with van der Waals surface area (Å²) >= 11 is 0. The summed E-state index contributed by atoms with van der Waals surface area (Å²) in [4.78, 5) is 4.07. The first-order chi connectivity index (χ1) is 7.20. The SMILES string of the molecule is Cn1nc(-c2cccc(F)c2)nc1CO. The van der Waals surface area contributed by atoms with E-state index in [0.29, 0.717) is 17.2 Å². The average Bonchev–Trinajstić information content (AvgIpc) is 2.60. The molecule has 0 saturated carbocycles. The highest BCUT2D eigenvalue weighted by Crippen LogP contribution is 2.16. The number of aryl methyl sites for hydroxylation is 1. The van der Waals surface area contributed by atoms with Crippen LogP contribution in [0.3, 0.4) is 0 Å². The van der Waals surface area contributed by atoms with Gasteiger partial charge in [-0.3, -0.25) is 4.68 Å². The van der Waals surface area contributed by atoms with Gasteiger partial charge >= 0.3 is 0 Å². The van der Waals surface area contributed by atoms with Crippen LogP contribution in [0.4, 0.5) is 4.39 Å². The first-order valence-electron chi connectivity index (χ1n) is 4.47. The lowest BCUT2D eigenvalue weighted by atomic mass is 10.2. The molecule has 0 radical (unpaired) electrons. The summed E-state index contributed by atoms with van der Waals surface area (Å²) < 4.78 is 14.4. The van der Waals surface area contributed by atoms with E-state index >= 15 is 0 Å². The molecular weight excluding hydrogens is 197 g/mol. The summed E-state index contributed by atoms with van der Waals surface area (Å²) in [6.45, 7) is -0.182. The largest absolute Gasteiger partial charge is 0.388 e. The first-order valence-corrected chi connectivity index (χ1v) is 4.47. The number of rotatable bonds is 2. The van der Waals surface area contributed by atoms with E-state index in [-0.39, 0.29) is 12.4 Å². The van der Waals surface area contributed by atoms with E-state index in [4.69, 9.17) is 5.11 Å². The van der Waals surface area contributed by atoms with Crippen molar-refractivity contribution < 1.29 is 9.50 Å². The fourth-order valence-electron chi connectivity index (χ4n) is 1.30. The molecule has 2 rings (SSSR count). The van der Waals surface area contributed by atoms with Crippen molar-refractivity contribution in [3.05, 3.63) is 35.9 Å². The van der Waals surface area contributed by atoms with Crippen LogP contribution in [0.25, 0.3) is 11.4 Å². The van der Waals surface area contributed by atoms with E-state index in [9.17, 15) is 4.39 Å². The van der Waals surface area contributed by atoms with Crippen LogP contribution in [-0.4, -0.2) is 19.9 Å². The summed E-state index contributed by atoms with van der Waals surface area (Å²) in [5, 5.41) is 13.0. The zero-order valence-electron chi connectivity index (χ0n) is 8.18. The Balaban J connectivity index is 2.45. The predicted molar refractivity (Wildman–Crippen MR) is 52.3 cm³/mol. The second-order valence-electron chi connectivity index (χ2n) is 3.14. The maximum atomic E-state index is 12.9. The minimum absolute atomic E-state index is 0.182. The zero-order chi connectivity index (χ0) is 10.8. The van der Waals surface area contributed by atoms with Gasteiger partial charge in [0, 0.05) is 12.6 Å². The number of hydrogen-bond donors (Lipinski definition) is 1. The van der Waals surface area contributed by atoms with E-state index in [1.807, 2.05) is 0 Å². The molecule has 0 aliphatic rings. The van der Waals surface area contributed by atoms with Gasteiger partial charge in [0.1, 0.15) is 12.4 Å². The third-order valence-corrected chi connectivity index (χ3v) is 2.08. The monoisotopic (exact) mass is 207 g/mol. The lowest BCUT2D eigenvalue weighted by Crippen LogP contribution is -1.97. The van der Waals surface area contributed by atoms with Crippen LogP contribution in [0.2, 0.25) is 0 Å². The third-order valence-electron chi connectivity index (χ3n) is 2.08. The molecule has 4 nitrogen and oxygen atoms in total. The van der Waals surface area contributed by atoms with Crippen LogP contribution < -0.4 is 0 Å². The number of aromatic nitrogens is 3. The van der Waals surface area contributed by atoms with Gasteiger partial charge in [0.25, 0.3) is 0 Å².